The maximum absolute atomic E-state index is 12.3. The number of hydrogen-bond donors (Lipinski definition) is 1. The number of carbonyl (C=O) groups excluding carboxylic acids is 1. The lowest BCUT2D eigenvalue weighted by Crippen LogP contribution is -2.14. The Bertz CT molecular complexity index is 1070. The van der Waals surface area contributed by atoms with Gasteiger partial charge in [-0.15, -0.1) is 0 Å². The summed E-state index contributed by atoms with van der Waals surface area (Å²) in [6, 6.07) is 21.6. The summed E-state index contributed by atoms with van der Waals surface area (Å²) in [7, 11) is 0. The number of anilines is 1. The molecule has 0 aliphatic carbocycles. The van der Waals surface area contributed by atoms with Gasteiger partial charge in [0.25, 0.3) is 0 Å². The molecule has 0 saturated heterocycles. The normalized spacial score (nSPS) is 10.8. The minimum Gasteiger partial charge on any atom is -0.326 e. The molecule has 4 heteroatoms. The molecule has 0 unspecified atom stereocenters. The Morgan fingerprint density at radius 3 is 2.69 bits per heavy atom. The van der Waals surface area contributed by atoms with Gasteiger partial charge in [-0.3, -0.25) is 4.79 Å². The van der Waals surface area contributed by atoms with Crippen LogP contribution in [0.25, 0.3) is 16.9 Å². The van der Waals surface area contributed by atoms with E-state index in [1.54, 1.807) is 0 Å². The Morgan fingerprint density at radius 2 is 1.88 bits per heavy atom. The van der Waals surface area contributed by atoms with Crippen LogP contribution >= 0.6 is 0 Å². The molecule has 0 fully saturated rings. The van der Waals surface area contributed by atoms with Crippen molar-refractivity contribution >= 4 is 17.2 Å². The SMILES string of the molecule is Cc1cccn2cc(-c3cccc(NC(=O)Cc4ccccc4)c3)nc12. The van der Waals surface area contributed by atoms with Gasteiger partial charge in [-0.25, -0.2) is 4.98 Å². The number of hydrogen-bond acceptors (Lipinski definition) is 2. The molecule has 0 bridgehead atoms. The van der Waals surface area contributed by atoms with Gasteiger partial charge in [-0.05, 0) is 36.2 Å². The number of nitrogens with zero attached hydrogens (tertiary/aromatic N) is 2. The smallest absolute Gasteiger partial charge is 0.228 e. The summed E-state index contributed by atoms with van der Waals surface area (Å²) >= 11 is 0. The third-order valence-corrected chi connectivity index (χ3v) is 4.33. The van der Waals surface area contributed by atoms with Crippen LogP contribution in [0.5, 0.6) is 0 Å². The minimum atomic E-state index is -0.0285. The number of nitrogens with one attached hydrogen (secondary N) is 1. The number of aromatic nitrogens is 2. The molecule has 4 aromatic rings. The summed E-state index contributed by atoms with van der Waals surface area (Å²) in [5, 5.41) is 2.97. The van der Waals surface area contributed by atoms with Crippen molar-refractivity contribution in [3.63, 3.8) is 0 Å². The molecule has 4 rings (SSSR count). The number of aryl methyl sites for hydroxylation is 1. The standard InChI is InChI=1S/C22H19N3O/c1-16-7-6-12-25-15-20(24-22(16)25)18-10-5-11-19(14-18)23-21(26)13-17-8-3-2-4-9-17/h2-12,14-15H,13H2,1H3,(H,23,26). The zero-order chi connectivity index (χ0) is 17.9. The largest absolute Gasteiger partial charge is 0.326 e. The lowest BCUT2D eigenvalue weighted by Gasteiger charge is -2.06. The second kappa shape index (κ2) is 6.84. The third-order valence-electron chi connectivity index (χ3n) is 4.33. The maximum Gasteiger partial charge on any atom is 0.228 e. The Labute approximate surface area is 152 Å². The number of carbonyl (C=O) groups is 1. The van der Waals surface area contributed by atoms with E-state index < -0.39 is 0 Å². The number of pyridine rings is 1. The average molecular weight is 341 g/mol. The van der Waals surface area contributed by atoms with Gasteiger partial charge in [0.1, 0.15) is 5.65 Å². The van der Waals surface area contributed by atoms with Gasteiger partial charge in [0, 0.05) is 23.6 Å². The Hall–Kier alpha value is -3.40. The molecule has 0 atom stereocenters. The van der Waals surface area contributed by atoms with Crippen molar-refractivity contribution in [2.75, 3.05) is 5.32 Å². The highest BCUT2D eigenvalue weighted by molar-refractivity contribution is 5.92. The molecule has 1 N–H and O–H groups in total. The molecule has 0 spiro atoms. The summed E-state index contributed by atoms with van der Waals surface area (Å²) in [5.41, 5.74) is 5.71. The van der Waals surface area contributed by atoms with E-state index in [4.69, 9.17) is 4.98 Å². The molecular weight excluding hydrogens is 322 g/mol. The van der Waals surface area contributed by atoms with Crippen molar-refractivity contribution in [2.45, 2.75) is 13.3 Å². The Kier molecular flexibility index (Phi) is 4.23. The molecule has 2 aromatic carbocycles. The minimum absolute atomic E-state index is 0.0285. The van der Waals surface area contributed by atoms with Crippen LogP contribution in [0, 0.1) is 6.92 Å². The highest BCUT2D eigenvalue weighted by Crippen LogP contribution is 2.23. The van der Waals surface area contributed by atoms with Crippen LogP contribution in [0.1, 0.15) is 11.1 Å². The predicted octanol–water partition coefficient (Wildman–Crippen LogP) is 4.49. The summed E-state index contributed by atoms with van der Waals surface area (Å²) in [5.74, 6) is -0.0285. The van der Waals surface area contributed by atoms with E-state index in [0.29, 0.717) is 6.42 Å². The number of rotatable bonds is 4. The van der Waals surface area contributed by atoms with Crippen molar-refractivity contribution in [2.24, 2.45) is 0 Å². The van der Waals surface area contributed by atoms with Gasteiger partial charge in [0.15, 0.2) is 0 Å². The lowest BCUT2D eigenvalue weighted by atomic mass is 10.1. The van der Waals surface area contributed by atoms with Crippen LogP contribution < -0.4 is 5.32 Å². The number of benzene rings is 2. The monoisotopic (exact) mass is 341 g/mol. The topological polar surface area (TPSA) is 46.4 Å². The second-order valence-electron chi connectivity index (χ2n) is 6.34. The van der Waals surface area contributed by atoms with E-state index in [9.17, 15) is 4.79 Å². The predicted molar refractivity (Wildman–Crippen MR) is 104 cm³/mol. The number of fused-ring (bicyclic) bond motifs is 1. The first kappa shape index (κ1) is 16.1. The van der Waals surface area contributed by atoms with E-state index in [2.05, 4.69) is 5.32 Å². The van der Waals surface area contributed by atoms with Gasteiger partial charge >= 0.3 is 0 Å². The van der Waals surface area contributed by atoms with E-state index in [0.717, 1.165) is 33.7 Å². The van der Waals surface area contributed by atoms with Gasteiger partial charge in [0.05, 0.1) is 12.1 Å². The van der Waals surface area contributed by atoms with Crippen molar-refractivity contribution in [3.8, 4) is 11.3 Å². The molecule has 128 valence electrons. The molecule has 0 aliphatic heterocycles. The molecular formula is C22H19N3O. The number of imidazole rings is 1. The van der Waals surface area contributed by atoms with Crippen molar-refractivity contribution in [1.82, 2.24) is 9.38 Å². The van der Waals surface area contributed by atoms with Gasteiger partial charge in [-0.1, -0.05) is 48.5 Å². The lowest BCUT2D eigenvalue weighted by molar-refractivity contribution is -0.115. The molecule has 4 nitrogen and oxygen atoms in total. The highest BCUT2D eigenvalue weighted by Gasteiger charge is 2.08. The first-order valence-electron chi connectivity index (χ1n) is 8.57. The maximum atomic E-state index is 12.3. The van der Waals surface area contributed by atoms with Gasteiger partial charge in [0.2, 0.25) is 5.91 Å². The van der Waals surface area contributed by atoms with Crippen LogP contribution in [-0.4, -0.2) is 15.3 Å². The quantitative estimate of drug-likeness (QED) is 0.594. The zero-order valence-corrected chi connectivity index (χ0v) is 14.5. The molecule has 2 heterocycles. The first-order chi connectivity index (χ1) is 12.7. The molecule has 0 saturated carbocycles. The van der Waals surface area contributed by atoms with E-state index >= 15 is 0 Å². The summed E-state index contributed by atoms with van der Waals surface area (Å²) in [6.07, 6.45) is 4.36. The Morgan fingerprint density at radius 1 is 1.04 bits per heavy atom. The van der Waals surface area contributed by atoms with Crippen LogP contribution in [0.15, 0.2) is 79.1 Å². The zero-order valence-electron chi connectivity index (χ0n) is 14.5. The summed E-state index contributed by atoms with van der Waals surface area (Å²) in [6.45, 7) is 2.05. The van der Waals surface area contributed by atoms with Crippen molar-refractivity contribution in [3.05, 3.63) is 90.3 Å². The fourth-order valence-corrected chi connectivity index (χ4v) is 3.04. The van der Waals surface area contributed by atoms with Crippen LogP contribution in [0.3, 0.4) is 0 Å². The highest BCUT2D eigenvalue weighted by atomic mass is 16.1. The fourth-order valence-electron chi connectivity index (χ4n) is 3.04. The average Bonchev–Trinajstić information content (AvgIpc) is 3.08. The van der Waals surface area contributed by atoms with Gasteiger partial charge < -0.3 is 9.72 Å². The first-order valence-corrected chi connectivity index (χ1v) is 8.57. The van der Waals surface area contributed by atoms with Crippen molar-refractivity contribution < 1.29 is 4.79 Å². The molecule has 2 aromatic heterocycles. The number of amides is 1. The van der Waals surface area contributed by atoms with E-state index in [1.165, 1.54) is 0 Å². The third kappa shape index (κ3) is 3.35. The summed E-state index contributed by atoms with van der Waals surface area (Å²) in [4.78, 5) is 17.0. The summed E-state index contributed by atoms with van der Waals surface area (Å²) < 4.78 is 2.02. The fraction of sp³-hybridized carbons (Fsp3) is 0.0909. The second-order valence-corrected chi connectivity index (χ2v) is 6.34. The van der Waals surface area contributed by atoms with E-state index in [1.807, 2.05) is 90.4 Å². The van der Waals surface area contributed by atoms with Crippen molar-refractivity contribution in [1.29, 1.82) is 0 Å². The molecule has 1 amide bonds. The Balaban J connectivity index is 1.56. The van der Waals surface area contributed by atoms with Crippen LogP contribution in [0.2, 0.25) is 0 Å². The molecule has 0 aliphatic rings. The van der Waals surface area contributed by atoms with Gasteiger partial charge in [-0.2, -0.15) is 0 Å². The molecule has 26 heavy (non-hydrogen) atoms. The van der Waals surface area contributed by atoms with E-state index in [-0.39, 0.29) is 5.91 Å². The van der Waals surface area contributed by atoms with Crippen LogP contribution in [-0.2, 0) is 11.2 Å². The van der Waals surface area contributed by atoms with Crippen LogP contribution in [0.4, 0.5) is 5.69 Å². The molecule has 0 radical (unpaired) electrons.